The molecule has 6 nitrogen and oxygen atoms in total. The minimum absolute atomic E-state index is 0.0617. The third-order valence-electron chi connectivity index (χ3n) is 4.88. The van der Waals surface area contributed by atoms with Crippen LogP contribution in [0.25, 0.3) is 11.1 Å². The first-order valence-corrected chi connectivity index (χ1v) is 8.60. The van der Waals surface area contributed by atoms with Gasteiger partial charge in [0.2, 0.25) is 11.8 Å². The molecular formula is C20H18F3N3O3. The molecule has 2 amide bonds. The van der Waals surface area contributed by atoms with Crippen molar-refractivity contribution in [3.05, 3.63) is 58.7 Å². The number of aryl methyl sites for hydroxylation is 1. The summed E-state index contributed by atoms with van der Waals surface area (Å²) in [6.45, 7) is 3.05. The van der Waals surface area contributed by atoms with Gasteiger partial charge in [0.25, 0.3) is 5.60 Å². The maximum atomic E-state index is 13.8. The van der Waals surface area contributed by atoms with Crippen molar-refractivity contribution in [3.8, 4) is 11.1 Å². The molecule has 0 saturated heterocycles. The molecule has 0 bridgehead atoms. The van der Waals surface area contributed by atoms with E-state index in [1.807, 2.05) is 0 Å². The van der Waals surface area contributed by atoms with Crippen molar-refractivity contribution in [2.75, 3.05) is 0 Å². The highest BCUT2D eigenvalue weighted by atomic mass is 19.4. The van der Waals surface area contributed by atoms with Gasteiger partial charge in [0.05, 0.1) is 16.8 Å². The maximum absolute atomic E-state index is 13.8. The number of nitrogens with two attached hydrogens (primary N) is 2. The molecule has 29 heavy (non-hydrogen) atoms. The second-order valence-corrected chi connectivity index (χ2v) is 6.91. The summed E-state index contributed by atoms with van der Waals surface area (Å²) < 4.78 is 41.5. The molecule has 2 aromatic rings. The number of hydrogen-bond acceptors (Lipinski definition) is 4. The molecule has 1 atom stereocenters. The van der Waals surface area contributed by atoms with Gasteiger partial charge in [-0.3, -0.25) is 9.59 Å². The summed E-state index contributed by atoms with van der Waals surface area (Å²) in [6.07, 6.45) is -5.11. The second kappa shape index (κ2) is 6.91. The largest absolute Gasteiger partial charge is 0.435 e. The van der Waals surface area contributed by atoms with E-state index in [0.29, 0.717) is 16.7 Å². The fourth-order valence-electron chi connectivity index (χ4n) is 3.52. The lowest BCUT2D eigenvalue weighted by molar-refractivity contribution is -0.275. The van der Waals surface area contributed by atoms with Gasteiger partial charge in [-0.1, -0.05) is 35.5 Å². The normalized spacial score (nSPS) is 18.9. The van der Waals surface area contributed by atoms with E-state index in [1.165, 1.54) is 37.3 Å². The van der Waals surface area contributed by atoms with Gasteiger partial charge in [-0.2, -0.15) is 13.2 Å². The average Bonchev–Trinajstić information content (AvgIpc) is 3.04. The van der Waals surface area contributed by atoms with Crippen LogP contribution < -0.4 is 11.5 Å². The Morgan fingerprint density at radius 3 is 2.24 bits per heavy atom. The van der Waals surface area contributed by atoms with E-state index < -0.39 is 30.0 Å². The summed E-state index contributed by atoms with van der Waals surface area (Å²) in [7, 11) is 0. The van der Waals surface area contributed by atoms with Gasteiger partial charge in [0, 0.05) is 12.0 Å². The van der Waals surface area contributed by atoms with Crippen molar-refractivity contribution in [2.45, 2.75) is 32.0 Å². The Morgan fingerprint density at radius 1 is 1.07 bits per heavy atom. The first-order chi connectivity index (χ1) is 13.5. The van der Waals surface area contributed by atoms with Gasteiger partial charge in [-0.15, -0.1) is 0 Å². The molecule has 9 heteroatoms. The summed E-state index contributed by atoms with van der Waals surface area (Å²) in [4.78, 5) is 28.5. The van der Waals surface area contributed by atoms with Crippen LogP contribution in [-0.4, -0.2) is 23.7 Å². The Labute approximate surface area is 164 Å². The van der Waals surface area contributed by atoms with Crippen LogP contribution in [0.4, 0.5) is 13.2 Å². The van der Waals surface area contributed by atoms with Crippen LogP contribution in [0.5, 0.6) is 0 Å². The quantitative estimate of drug-likeness (QED) is 0.814. The molecule has 0 spiro atoms. The average molecular weight is 405 g/mol. The number of carbonyl (C=O) groups excluding carboxylic acids is 2. The summed E-state index contributed by atoms with van der Waals surface area (Å²) in [5, 5.41) is 3.50. The lowest BCUT2D eigenvalue weighted by Crippen LogP contribution is -2.42. The molecule has 3 rings (SSSR count). The van der Waals surface area contributed by atoms with Crippen molar-refractivity contribution in [1.29, 1.82) is 0 Å². The summed E-state index contributed by atoms with van der Waals surface area (Å²) in [5.74, 6) is -1.70. The number of amides is 2. The predicted molar refractivity (Wildman–Crippen MR) is 100 cm³/mol. The fraction of sp³-hybridized carbons (Fsp3) is 0.250. The number of carbonyl (C=O) groups is 2. The number of halogens is 3. The van der Waals surface area contributed by atoms with Crippen molar-refractivity contribution in [1.82, 2.24) is 0 Å². The van der Waals surface area contributed by atoms with E-state index in [2.05, 4.69) is 5.16 Å². The van der Waals surface area contributed by atoms with E-state index in [-0.39, 0.29) is 22.4 Å². The van der Waals surface area contributed by atoms with Gasteiger partial charge in [0.15, 0.2) is 0 Å². The smallest absolute Gasteiger partial charge is 0.374 e. The Morgan fingerprint density at radius 2 is 1.76 bits per heavy atom. The molecule has 1 aliphatic rings. The molecule has 152 valence electrons. The molecule has 1 aliphatic heterocycles. The molecule has 0 aliphatic carbocycles. The Bertz CT molecular complexity index is 1050. The lowest BCUT2D eigenvalue weighted by atomic mass is 9.85. The lowest BCUT2D eigenvalue weighted by Gasteiger charge is -2.30. The standard InChI is InChI=1S/C20H18F3N3O3/c1-10-8-12(19(20(21,22)23)9-11(2)26-29-19)6-7-13(10)14-4-3-5-15(17(24)27)16(14)18(25)28/h3-8H,9H2,1-2H3,(H2,24,27)(H2,25,28). The van der Waals surface area contributed by atoms with Crippen LogP contribution >= 0.6 is 0 Å². The summed E-state index contributed by atoms with van der Waals surface area (Å²) in [6, 6.07) is 8.46. The highest BCUT2D eigenvalue weighted by Crippen LogP contribution is 2.48. The fourth-order valence-corrected chi connectivity index (χ4v) is 3.52. The molecule has 0 saturated carbocycles. The molecule has 1 unspecified atom stereocenters. The highest BCUT2D eigenvalue weighted by Gasteiger charge is 2.61. The van der Waals surface area contributed by atoms with Gasteiger partial charge >= 0.3 is 6.18 Å². The van der Waals surface area contributed by atoms with Crippen molar-refractivity contribution in [3.63, 3.8) is 0 Å². The van der Waals surface area contributed by atoms with E-state index >= 15 is 0 Å². The molecule has 1 heterocycles. The Hall–Kier alpha value is -3.36. The van der Waals surface area contributed by atoms with E-state index in [4.69, 9.17) is 16.3 Å². The Balaban J connectivity index is 2.16. The molecule has 0 aromatic heterocycles. The summed E-state index contributed by atoms with van der Waals surface area (Å²) in [5.41, 5.74) is 9.34. The predicted octanol–water partition coefficient (Wildman–Crippen LogP) is 3.41. The van der Waals surface area contributed by atoms with Gasteiger partial charge in [-0.25, -0.2) is 0 Å². The number of oxime groups is 1. The zero-order chi connectivity index (χ0) is 21.6. The van der Waals surface area contributed by atoms with Crippen molar-refractivity contribution in [2.24, 2.45) is 16.6 Å². The van der Waals surface area contributed by atoms with E-state index in [1.54, 1.807) is 13.0 Å². The van der Waals surface area contributed by atoms with Crippen LogP contribution in [0, 0.1) is 6.92 Å². The van der Waals surface area contributed by atoms with Crippen LogP contribution in [0.1, 0.15) is 45.2 Å². The van der Waals surface area contributed by atoms with E-state index in [9.17, 15) is 22.8 Å². The van der Waals surface area contributed by atoms with E-state index in [0.717, 1.165) is 0 Å². The third-order valence-corrected chi connectivity index (χ3v) is 4.88. The zero-order valence-corrected chi connectivity index (χ0v) is 15.6. The first-order valence-electron chi connectivity index (χ1n) is 8.60. The topological polar surface area (TPSA) is 108 Å². The SMILES string of the molecule is CC1=NOC(c2ccc(-c3cccc(C(N)=O)c3C(N)=O)c(C)c2)(C(F)(F)F)C1. The molecular weight excluding hydrogens is 387 g/mol. The maximum Gasteiger partial charge on any atom is 0.435 e. The minimum atomic E-state index is -4.69. The third kappa shape index (κ3) is 3.32. The zero-order valence-electron chi connectivity index (χ0n) is 15.6. The molecule has 4 N–H and O–H groups in total. The number of alkyl halides is 3. The van der Waals surface area contributed by atoms with Crippen LogP contribution in [-0.2, 0) is 10.4 Å². The number of primary amides is 2. The molecule has 2 aromatic carbocycles. The highest BCUT2D eigenvalue weighted by molar-refractivity contribution is 6.10. The monoisotopic (exact) mass is 405 g/mol. The second-order valence-electron chi connectivity index (χ2n) is 6.91. The van der Waals surface area contributed by atoms with Crippen LogP contribution in [0.3, 0.4) is 0 Å². The number of benzene rings is 2. The van der Waals surface area contributed by atoms with Crippen molar-refractivity contribution >= 4 is 17.5 Å². The van der Waals surface area contributed by atoms with Gasteiger partial charge in [-0.05, 0) is 36.6 Å². The summed E-state index contributed by atoms with van der Waals surface area (Å²) >= 11 is 0. The number of rotatable bonds is 4. The molecule has 0 radical (unpaired) electrons. The van der Waals surface area contributed by atoms with Crippen molar-refractivity contribution < 1.29 is 27.6 Å². The van der Waals surface area contributed by atoms with Crippen LogP contribution in [0.15, 0.2) is 41.6 Å². The number of nitrogens with zero attached hydrogens (tertiary/aromatic N) is 1. The Kier molecular flexibility index (Phi) is 4.86. The number of hydrogen-bond donors (Lipinski definition) is 2. The molecule has 0 fully saturated rings. The van der Waals surface area contributed by atoms with Crippen LogP contribution in [0.2, 0.25) is 0 Å². The van der Waals surface area contributed by atoms with Gasteiger partial charge in [0.1, 0.15) is 0 Å². The first kappa shape index (κ1) is 20.4. The minimum Gasteiger partial charge on any atom is -0.374 e. The van der Waals surface area contributed by atoms with Gasteiger partial charge < -0.3 is 16.3 Å².